The number of benzene rings is 2. The number of halogens is 3. The van der Waals surface area contributed by atoms with E-state index in [9.17, 15) is 22.0 Å². The summed E-state index contributed by atoms with van der Waals surface area (Å²) in [4.78, 5) is 12.2. The molecule has 0 aliphatic carbocycles. The number of alkyl halides is 2. The van der Waals surface area contributed by atoms with Crippen molar-refractivity contribution in [3.8, 4) is 5.75 Å². The third-order valence-electron chi connectivity index (χ3n) is 3.45. The zero-order chi connectivity index (χ0) is 20.0. The molecule has 1 amide bonds. The van der Waals surface area contributed by atoms with Crippen LogP contribution < -0.4 is 14.4 Å². The Hall–Kier alpha value is -2.39. The topological polar surface area (TPSA) is 75.7 Å². The van der Waals surface area contributed by atoms with Gasteiger partial charge in [-0.15, -0.1) is 0 Å². The molecule has 0 aromatic heterocycles. The minimum Gasteiger partial charge on any atom is -0.434 e. The summed E-state index contributed by atoms with van der Waals surface area (Å²) in [6.45, 7) is -3.59. The van der Waals surface area contributed by atoms with Crippen LogP contribution in [0.4, 0.5) is 14.5 Å². The lowest BCUT2D eigenvalue weighted by atomic mass is 10.2. The van der Waals surface area contributed by atoms with Gasteiger partial charge in [-0.3, -0.25) is 9.10 Å². The first-order chi connectivity index (χ1) is 12.7. The molecular weight excluding hydrogens is 402 g/mol. The second-order valence-corrected chi connectivity index (χ2v) is 7.86. The van der Waals surface area contributed by atoms with Crippen LogP contribution in [0.5, 0.6) is 5.75 Å². The second kappa shape index (κ2) is 9.01. The fourth-order valence-electron chi connectivity index (χ4n) is 2.27. The number of amides is 1. The third kappa shape index (κ3) is 6.37. The molecule has 0 unspecified atom stereocenters. The fourth-order valence-corrected chi connectivity index (χ4v) is 3.31. The van der Waals surface area contributed by atoms with Crippen molar-refractivity contribution < 1.29 is 26.7 Å². The van der Waals surface area contributed by atoms with E-state index in [-0.39, 0.29) is 18.0 Å². The summed E-state index contributed by atoms with van der Waals surface area (Å²) in [6.07, 6.45) is 0.965. The van der Waals surface area contributed by atoms with E-state index in [1.165, 1.54) is 30.3 Å². The SMILES string of the molecule is CS(=O)(=O)N(CC(=O)NCc1ccccc1OC(F)F)c1cccc(Cl)c1. The summed E-state index contributed by atoms with van der Waals surface area (Å²) in [7, 11) is -3.75. The van der Waals surface area contributed by atoms with Gasteiger partial charge in [-0.1, -0.05) is 35.9 Å². The van der Waals surface area contributed by atoms with Crippen LogP contribution in [0.25, 0.3) is 0 Å². The average molecular weight is 419 g/mol. The normalized spacial score (nSPS) is 11.3. The molecular formula is C17H17ClF2N2O4S. The van der Waals surface area contributed by atoms with E-state index in [0.29, 0.717) is 10.6 Å². The predicted octanol–water partition coefficient (Wildman–Crippen LogP) is 3.02. The third-order valence-corrected chi connectivity index (χ3v) is 4.82. The number of hydrogen-bond donors (Lipinski definition) is 1. The average Bonchev–Trinajstić information content (AvgIpc) is 2.57. The van der Waals surface area contributed by atoms with Crippen molar-refractivity contribution in [3.63, 3.8) is 0 Å². The molecule has 1 N–H and O–H groups in total. The van der Waals surface area contributed by atoms with Gasteiger partial charge < -0.3 is 10.1 Å². The first-order valence-electron chi connectivity index (χ1n) is 7.69. The van der Waals surface area contributed by atoms with E-state index in [0.717, 1.165) is 10.6 Å². The van der Waals surface area contributed by atoms with E-state index in [1.54, 1.807) is 18.2 Å². The largest absolute Gasteiger partial charge is 0.434 e. The Balaban J connectivity index is 2.09. The number of anilines is 1. The first kappa shape index (κ1) is 20.9. The summed E-state index contributed by atoms with van der Waals surface area (Å²) in [5, 5.41) is 2.82. The molecule has 0 bridgehead atoms. The maximum atomic E-state index is 12.4. The summed E-state index contributed by atoms with van der Waals surface area (Å²) in [6, 6.07) is 12.1. The van der Waals surface area contributed by atoms with Crippen LogP contribution >= 0.6 is 11.6 Å². The first-order valence-corrected chi connectivity index (χ1v) is 9.92. The van der Waals surface area contributed by atoms with E-state index in [4.69, 9.17) is 11.6 Å². The van der Waals surface area contributed by atoms with Crippen LogP contribution in [-0.2, 0) is 21.4 Å². The Labute approximate surface area is 160 Å². The number of ether oxygens (including phenoxy) is 1. The Morgan fingerprint density at radius 2 is 1.93 bits per heavy atom. The molecule has 0 aliphatic heterocycles. The molecule has 0 atom stereocenters. The van der Waals surface area contributed by atoms with Crippen LogP contribution in [0.2, 0.25) is 5.02 Å². The van der Waals surface area contributed by atoms with Gasteiger partial charge in [0, 0.05) is 17.1 Å². The lowest BCUT2D eigenvalue weighted by molar-refractivity contribution is -0.119. The van der Waals surface area contributed by atoms with E-state index < -0.39 is 29.1 Å². The smallest absolute Gasteiger partial charge is 0.387 e. The molecule has 0 saturated carbocycles. The lowest BCUT2D eigenvalue weighted by Crippen LogP contribution is -2.40. The number of para-hydroxylation sites is 1. The Bertz CT molecular complexity index is 909. The van der Waals surface area contributed by atoms with E-state index >= 15 is 0 Å². The molecule has 0 spiro atoms. The van der Waals surface area contributed by atoms with Gasteiger partial charge in [-0.2, -0.15) is 8.78 Å². The standard InChI is InChI=1S/C17H17ClF2N2O4S/c1-27(24,25)22(14-7-4-6-13(18)9-14)11-16(23)21-10-12-5-2-3-8-15(12)26-17(19)20/h2-9,17H,10-11H2,1H3,(H,21,23). The van der Waals surface area contributed by atoms with Crippen LogP contribution in [0, 0.1) is 0 Å². The van der Waals surface area contributed by atoms with E-state index in [2.05, 4.69) is 10.1 Å². The van der Waals surface area contributed by atoms with Crippen molar-refractivity contribution in [1.29, 1.82) is 0 Å². The van der Waals surface area contributed by atoms with Crippen LogP contribution in [0.3, 0.4) is 0 Å². The molecule has 0 fully saturated rings. The summed E-state index contributed by atoms with van der Waals surface area (Å²) in [5.74, 6) is -0.685. The van der Waals surface area contributed by atoms with Crippen LogP contribution in [0.15, 0.2) is 48.5 Å². The maximum Gasteiger partial charge on any atom is 0.387 e. The molecule has 2 rings (SSSR count). The number of sulfonamides is 1. The highest BCUT2D eigenvalue weighted by Crippen LogP contribution is 2.22. The summed E-state index contributed by atoms with van der Waals surface area (Å²) < 4.78 is 54.2. The monoisotopic (exact) mass is 418 g/mol. The maximum absolute atomic E-state index is 12.4. The molecule has 0 aliphatic rings. The van der Waals surface area contributed by atoms with Gasteiger partial charge in [0.25, 0.3) is 0 Å². The molecule has 2 aromatic carbocycles. The number of carbonyl (C=O) groups is 1. The number of nitrogens with one attached hydrogen (secondary N) is 1. The molecule has 0 heterocycles. The van der Waals surface area contributed by atoms with Crippen molar-refractivity contribution in [2.75, 3.05) is 17.1 Å². The molecule has 0 saturated heterocycles. The summed E-state index contributed by atoms with van der Waals surface area (Å²) in [5.41, 5.74) is 0.571. The molecule has 10 heteroatoms. The Morgan fingerprint density at radius 1 is 1.22 bits per heavy atom. The molecule has 27 heavy (non-hydrogen) atoms. The van der Waals surface area contributed by atoms with Crippen LogP contribution in [0.1, 0.15) is 5.56 Å². The number of rotatable bonds is 8. The van der Waals surface area contributed by atoms with Gasteiger partial charge in [0.15, 0.2) is 0 Å². The number of hydrogen-bond acceptors (Lipinski definition) is 4. The Kier molecular flexibility index (Phi) is 6.98. The highest BCUT2D eigenvalue weighted by molar-refractivity contribution is 7.92. The molecule has 0 radical (unpaired) electrons. The summed E-state index contributed by atoms with van der Waals surface area (Å²) >= 11 is 5.88. The quantitative estimate of drug-likeness (QED) is 0.715. The molecule has 146 valence electrons. The Morgan fingerprint density at radius 3 is 2.56 bits per heavy atom. The van der Waals surface area contributed by atoms with Gasteiger partial charge in [0.1, 0.15) is 12.3 Å². The highest BCUT2D eigenvalue weighted by atomic mass is 35.5. The predicted molar refractivity (Wildman–Crippen MR) is 98.6 cm³/mol. The number of carbonyl (C=O) groups excluding carboxylic acids is 1. The van der Waals surface area contributed by atoms with Crippen molar-refractivity contribution in [1.82, 2.24) is 5.32 Å². The van der Waals surface area contributed by atoms with Crippen molar-refractivity contribution >= 4 is 33.2 Å². The highest BCUT2D eigenvalue weighted by Gasteiger charge is 2.21. The van der Waals surface area contributed by atoms with Gasteiger partial charge in [0.05, 0.1) is 11.9 Å². The fraction of sp³-hybridized carbons (Fsp3) is 0.235. The van der Waals surface area contributed by atoms with Gasteiger partial charge in [0.2, 0.25) is 15.9 Å². The van der Waals surface area contributed by atoms with Crippen molar-refractivity contribution in [3.05, 3.63) is 59.1 Å². The zero-order valence-electron chi connectivity index (χ0n) is 14.2. The van der Waals surface area contributed by atoms with Crippen molar-refractivity contribution in [2.45, 2.75) is 13.2 Å². The van der Waals surface area contributed by atoms with Crippen molar-refractivity contribution in [2.24, 2.45) is 0 Å². The molecule has 6 nitrogen and oxygen atoms in total. The van der Waals surface area contributed by atoms with Crippen LogP contribution in [-0.4, -0.2) is 33.7 Å². The minimum atomic E-state index is -3.75. The molecule has 2 aromatic rings. The van der Waals surface area contributed by atoms with Gasteiger partial charge in [-0.05, 0) is 24.3 Å². The zero-order valence-corrected chi connectivity index (χ0v) is 15.8. The second-order valence-electron chi connectivity index (χ2n) is 5.51. The lowest BCUT2D eigenvalue weighted by Gasteiger charge is -2.22. The van der Waals surface area contributed by atoms with Gasteiger partial charge in [-0.25, -0.2) is 8.42 Å². The minimum absolute atomic E-state index is 0.0670. The number of nitrogens with zero attached hydrogens (tertiary/aromatic N) is 1. The van der Waals surface area contributed by atoms with Gasteiger partial charge >= 0.3 is 6.61 Å². The van der Waals surface area contributed by atoms with E-state index in [1.807, 2.05) is 0 Å².